The number of hydrogen-bond donors (Lipinski definition) is 1. The van der Waals surface area contributed by atoms with E-state index in [9.17, 15) is 14.9 Å². The number of benzene rings is 1. The van der Waals surface area contributed by atoms with Gasteiger partial charge in [-0.25, -0.2) is 0 Å². The largest absolute Gasteiger partial charge is 0.355 e. The summed E-state index contributed by atoms with van der Waals surface area (Å²) in [4.78, 5) is 24.6. The number of nitro benzene ring substituents is 1. The number of carbonyl (C=O) groups excluding carboxylic acids is 1. The zero-order valence-electron chi connectivity index (χ0n) is 11.9. The number of nitro groups is 1. The lowest BCUT2D eigenvalue weighted by atomic mass is 10.2. The highest BCUT2D eigenvalue weighted by Crippen LogP contribution is 2.23. The second-order valence-corrected chi connectivity index (χ2v) is 5.27. The minimum Gasteiger partial charge on any atom is -0.355 e. The van der Waals surface area contributed by atoms with E-state index in [-0.39, 0.29) is 22.9 Å². The molecule has 1 fully saturated rings. The summed E-state index contributed by atoms with van der Waals surface area (Å²) >= 11 is 0. The predicted octanol–water partition coefficient (Wildman–Crippen LogP) is 1.56. The van der Waals surface area contributed by atoms with Crippen LogP contribution in [0.25, 0.3) is 11.0 Å². The quantitative estimate of drug-likeness (QED) is 0.664. The fourth-order valence-corrected chi connectivity index (χ4v) is 2.62. The zero-order valence-corrected chi connectivity index (χ0v) is 11.9. The zero-order chi connectivity index (χ0) is 15.5. The van der Waals surface area contributed by atoms with Crippen LogP contribution in [0.15, 0.2) is 22.7 Å². The van der Waals surface area contributed by atoms with Crippen molar-refractivity contribution in [1.82, 2.24) is 15.4 Å². The van der Waals surface area contributed by atoms with Gasteiger partial charge in [0, 0.05) is 19.2 Å². The van der Waals surface area contributed by atoms with Crippen LogP contribution in [0.3, 0.4) is 0 Å². The number of hydrogen-bond acceptors (Lipinski definition) is 6. The third kappa shape index (κ3) is 2.91. The molecular weight excluding hydrogens is 288 g/mol. The molecule has 1 aliphatic rings. The fraction of sp³-hybridized carbons (Fsp3) is 0.429. The van der Waals surface area contributed by atoms with Crippen molar-refractivity contribution in [2.45, 2.75) is 12.8 Å². The van der Waals surface area contributed by atoms with Gasteiger partial charge in [0.2, 0.25) is 0 Å². The minimum atomic E-state index is -0.516. The maximum absolute atomic E-state index is 12.1. The first-order valence-electron chi connectivity index (χ1n) is 7.19. The third-order valence-electron chi connectivity index (χ3n) is 3.79. The monoisotopic (exact) mass is 304 g/mol. The molecule has 0 aliphatic carbocycles. The predicted molar refractivity (Wildman–Crippen MR) is 78.7 cm³/mol. The van der Waals surface area contributed by atoms with Crippen molar-refractivity contribution in [3.05, 3.63) is 34.0 Å². The Morgan fingerprint density at radius 2 is 2.18 bits per heavy atom. The van der Waals surface area contributed by atoms with Crippen LogP contribution in [0.5, 0.6) is 0 Å². The molecule has 1 N–H and O–H groups in total. The number of nitrogens with one attached hydrogen (secondary N) is 1. The molecule has 1 aliphatic heterocycles. The highest BCUT2D eigenvalue weighted by Gasteiger charge is 2.19. The summed E-state index contributed by atoms with van der Waals surface area (Å²) in [6, 6.07) is 4.09. The molecule has 0 radical (unpaired) electrons. The normalized spacial score (nSPS) is 15.3. The van der Waals surface area contributed by atoms with E-state index < -0.39 is 4.92 Å². The Bertz CT molecular complexity index is 706. The summed E-state index contributed by atoms with van der Waals surface area (Å²) in [6.07, 6.45) is 2.42. The molecule has 0 atom stereocenters. The molecule has 0 spiro atoms. The van der Waals surface area contributed by atoms with Crippen molar-refractivity contribution < 1.29 is 14.2 Å². The fourth-order valence-electron chi connectivity index (χ4n) is 2.62. The van der Waals surface area contributed by atoms with Crippen LogP contribution in [0.2, 0.25) is 0 Å². The number of amides is 1. The molecule has 1 saturated heterocycles. The van der Waals surface area contributed by atoms with Gasteiger partial charge in [-0.15, -0.1) is 0 Å². The van der Waals surface area contributed by atoms with E-state index >= 15 is 0 Å². The maximum Gasteiger partial charge on any atom is 0.274 e. The number of fused-ring (bicyclic) bond motifs is 1. The summed E-state index contributed by atoms with van der Waals surface area (Å²) < 4.78 is 5.02. The Kier molecular flexibility index (Phi) is 4.01. The van der Waals surface area contributed by atoms with E-state index in [1.807, 2.05) is 0 Å². The van der Waals surface area contributed by atoms with Crippen LogP contribution in [-0.4, -0.2) is 47.1 Å². The van der Waals surface area contributed by atoms with Crippen molar-refractivity contribution in [2.75, 3.05) is 26.2 Å². The van der Waals surface area contributed by atoms with Crippen molar-refractivity contribution in [2.24, 2.45) is 0 Å². The molecule has 3 rings (SSSR count). The highest BCUT2D eigenvalue weighted by molar-refractivity contribution is 6.04. The number of likely N-dealkylation sites (tertiary alicyclic amines) is 1. The summed E-state index contributed by atoms with van der Waals surface area (Å²) in [5, 5.41) is 17.7. The topological polar surface area (TPSA) is 102 Å². The van der Waals surface area contributed by atoms with Gasteiger partial charge in [0.1, 0.15) is 0 Å². The lowest BCUT2D eigenvalue weighted by molar-refractivity contribution is -0.384. The number of aromatic nitrogens is 1. The standard InChI is InChI=1S/C14H16N4O4/c19-14(15-5-8-17-6-1-2-7-17)13-11-4-3-10(18(20)21)9-12(11)22-16-13/h3-4,9H,1-2,5-8H2,(H,15,19). The third-order valence-corrected chi connectivity index (χ3v) is 3.79. The van der Waals surface area contributed by atoms with Crippen LogP contribution in [0.1, 0.15) is 23.3 Å². The molecule has 2 aromatic rings. The number of rotatable bonds is 5. The van der Waals surface area contributed by atoms with Gasteiger partial charge in [0.15, 0.2) is 11.3 Å². The van der Waals surface area contributed by atoms with Crippen molar-refractivity contribution >= 4 is 22.6 Å². The van der Waals surface area contributed by atoms with Crippen LogP contribution in [-0.2, 0) is 0 Å². The summed E-state index contributed by atoms with van der Waals surface area (Å²) in [5.74, 6) is -0.327. The van der Waals surface area contributed by atoms with Crippen molar-refractivity contribution in [3.8, 4) is 0 Å². The lowest BCUT2D eigenvalue weighted by Crippen LogP contribution is -2.33. The number of carbonyl (C=O) groups is 1. The van der Waals surface area contributed by atoms with Crippen LogP contribution in [0, 0.1) is 10.1 Å². The number of nitrogens with zero attached hydrogens (tertiary/aromatic N) is 3. The van der Waals surface area contributed by atoms with Crippen molar-refractivity contribution in [1.29, 1.82) is 0 Å². The van der Waals surface area contributed by atoms with Gasteiger partial charge < -0.3 is 14.7 Å². The average Bonchev–Trinajstić information content (AvgIpc) is 3.15. The molecule has 1 aromatic carbocycles. The number of non-ortho nitro benzene ring substituents is 1. The molecule has 8 nitrogen and oxygen atoms in total. The second kappa shape index (κ2) is 6.10. The molecule has 116 valence electrons. The Hall–Kier alpha value is -2.48. The minimum absolute atomic E-state index is 0.0929. The molecule has 2 heterocycles. The Labute approximate surface area is 126 Å². The average molecular weight is 304 g/mol. The molecule has 0 bridgehead atoms. The molecule has 0 unspecified atom stereocenters. The first-order valence-corrected chi connectivity index (χ1v) is 7.19. The highest BCUT2D eigenvalue weighted by atomic mass is 16.6. The van der Waals surface area contributed by atoms with E-state index in [4.69, 9.17) is 4.52 Å². The van der Waals surface area contributed by atoms with Crippen LogP contribution >= 0.6 is 0 Å². The maximum atomic E-state index is 12.1. The molecule has 22 heavy (non-hydrogen) atoms. The van der Waals surface area contributed by atoms with E-state index in [1.54, 1.807) is 0 Å². The van der Waals surface area contributed by atoms with E-state index in [1.165, 1.54) is 31.0 Å². The SMILES string of the molecule is O=C(NCCN1CCCC1)c1noc2cc([N+](=O)[O-])ccc12. The van der Waals surface area contributed by atoms with Gasteiger partial charge in [-0.05, 0) is 32.0 Å². The van der Waals surface area contributed by atoms with Gasteiger partial charge in [0.05, 0.1) is 16.4 Å². The molecule has 0 saturated carbocycles. The Morgan fingerprint density at radius 1 is 1.41 bits per heavy atom. The molecule has 1 amide bonds. The van der Waals surface area contributed by atoms with E-state index in [0.29, 0.717) is 11.9 Å². The van der Waals surface area contributed by atoms with Gasteiger partial charge in [-0.1, -0.05) is 5.16 Å². The molecule has 1 aromatic heterocycles. The van der Waals surface area contributed by atoms with Crippen LogP contribution < -0.4 is 5.32 Å². The first-order chi connectivity index (χ1) is 10.6. The van der Waals surface area contributed by atoms with Gasteiger partial charge in [-0.2, -0.15) is 0 Å². The van der Waals surface area contributed by atoms with Gasteiger partial charge in [-0.3, -0.25) is 14.9 Å². The Balaban J connectivity index is 1.67. The summed E-state index contributed by atoms with van der Waals surface area (Å²) in [5.41, 5.74) is 0.301. The Morgan fingerprint density at radius 3 is 2.91 bits per heavy atom. The van der Waals surface area contributed by atoms with E-state index in [2.05, 4.69) is 15.4 Å². The summed E-state index contributed by atoms with van der Waals surface area (Å²) in [7, 11) is 0. The molecule has 8 heteroatoms. The van der Waals surface area contributed by atoms with Crippen molar-refractivity contribution in [3.63, 3.8) is 0 Å². The lowest BCUT2D eigenvalue weighted by Gasteiger charge is -2.14. The van der Waals surface area contributed by atoms with Crippen LogP contribution in [0.4, 0.5) is 5.69 Å². The second-order valence-electron chi connectivity index (χ2n) is 5.27. The van der Waals surface area contributed by atoms with Gasteiger partial charge >= 0.3 is 0 Å². The summed E-state index contributed by atoms with van der Waals surface area (Å²) in [6.45, 7) is 3.51. The first kappa shape index (κ1) is 14.5. The smallest absolute Gasteiger partial charge is 0.274 e. The van der Waals surface area contributed by atoms with E-state index in [0.717, 1.165) is 19.6 Å². The molecular formula is C14H16N4O4. The van der Waals surface area contributed by atoms with Gasteiger partial charge in [0.25, 0.3) is 11.6 Å².